The molecule has 0 radical (unpaired) electrons. The second-order valence-electron chi connectivity index (χ2n) is 5.32. The average molecular weight is 314 g/mol. The molecule has 0 fully saturated rings. The lowest BCUT2D eigenvalue weighted by atomic mass is 10.2. The molecular weight excluding hydrogens is 292 g/mol. The highest BCUT2D eigenvalue weighted by Crippen LogP contribution is 2.13. The zero-order valence-corrected chi connectivity index (χ0v) is 13.2. The molecule has 5 heteroatoms. The summed E-state index contributed by atoms with van der Waals surface area (Å²) in [6, 6.07) is 11.2. The highest BCUT2D eigenvalue weighted by atomic mass is 16.5. The first-order valence-corrected chi connectivity index (χ1v) is 7.84. The Kier molecular flexibility index (Phi) is 6.41. The van der Waals surface area contributed by atoms with Crippen LogP contribution >= 0.6 is 0 Å². The Bertz CT molecular complexity index is 703. The van der Waals surface area contributed by atoms with Crippen LogP contribution in [0.25, 0.3) is 5.76 Å². The van der Waals surface area contributed by atoms with Crippen molar-refractivity contribution < 1.29 is 4.74 Å². The SMILES string of the molecule is C=C(OCCCCCCn1c(=O)cc[nH]c1=O)c1ccccc1. The molecule has 0 saturated carbocycles. The van der Waals surface area contributed by atoms with Gasteiger partial charge in [0, 0.05) is 24.4 Å². The van der Waals surface area contributed by atoms with Crippen LogP contribution in [0.2, 0.25) is 0 Å². The third-order valence-electron chi connectivity index (χ3n) is 3.59. The Labute approximate surface area is 135 Å². The summed E-state index contributed by atoms with van der Waals surface area (Å²) in [5.74, 6) is 0.688. The highest BCUT2D eigenvalue weighted by molar-refractivity contribution is 5.56. The van der Waals surface area contributed by atoms with E-state index in [2.05, 4.69) is 11.6 Å². The van der Waals surface area contributed by atoms with Gasteiger partial charge < -0.3 is 9.72 Å². The van der Waals surface area contributed by atoms with E-state index in [4.69, 9.17) is 4.74 Å². The van der Waals surface area contributed by atoms with E-state index in [-0.39, 0.29) is 11.2 Å². The number of nitrogens with one attached hydrogen (secondary N) is 1. The van der Waals surface area contributed by atoms with Gasteiger partial charge in [-0.2, -0.15) is 0 Å². The minimum atomic E-state index is -0.347. The average Bonchev–Trinajstić information content (AvgIpc) is 2.57. The van der Waals surface area contributed by atoms with Crippen LogP contribution in [0, 0.1) is 0 Å². The quantitative estimate of drug-likeness (QED) is 0.572. The maximum absolute atomic E-state index is 11.5. The summed E-state index contributed by atoms with van der Waals surface area (Å²) >= 11 is 0. The Hall–Kier alpha value is -2.56. The number of nitrogens with zero attached hydrogens (tertiary/aromatic N) is 1. The van der Waals surface area contributed by atoms with E-state index in [1.807, 2.05) is 30.3 Å². The van der Waals surface area contributed by atoms with Crippen molar-refractivity contribution in [3.63, 3.8) is 0 Å². The molecule has 1 N–H and O–H groups in total. The van der Waals surface area contributed by atoms with E-state index >= 15 is 0 Å². The molecule has 1 aromatic heterocycles. The van der Waals surface area contributed by atoms with E-state index in [1.165, 1.54) is 16.8 Å². The number of H-pyrrole nitrogens is 1. The number of benzene rings is 1. The van der Waals surface area contributed by atoms with Crippen molar-refractivity contribution in [3.05, 3.63) is 75.6 Å². The van der Waals surface area contributed by atoms with Gasteiger partial charge in [0.15, 0.2) is 0 Å². The Morgan fingerprint density at radius 2 is 1.78 bits per heavy atom. The van der Waals surface area contributed by atoms with Crippen molar-refractivity contribution in [2.45, 2.75) is 32.2 Å². The molecule has 0 aliphatic carbocycles. The summed E-state index contributed by atoms with van der Waals surface area (Å²) < 4.78 is 6.86. The van der Waals surface area contributed by atoms with Crippen molar-refractivity contribution in [1.29, 1.82) is 0 Å². The van der Waals surface area contributed by atoms with Crippen LogP contribution in [0.5, 0.6) is 0 Å². The lowest BCUT2D eigenvalue weighted by Gasteiger charge is -2.09. The molecule has 5 nitrogen and oxygen atoms in total. The molecule has 0 saturated heterocycles. The maximum Gasteiger partial charge on any atom is 0.328 e. The first-order valence-electron chi connectivity index (χ1n) is 7.84. The van der Waals surface area contributed by atoms with Gasteiger partial charge in [0.1, 0.15) is 5.76 Å². The summed E-state index contributed by atoms with van der Waals surface area (Å²) in [7, 11) is 0. The fourth-order valence-electron chi connectivity index (χ4n) is 2.29. The van der Waals surface area contributed by atoms with Gasteiger partial charge in [-0.15, -0.1) is 0 Å². The van der Waals surface area contributed by atoms with Crippen molar-refractivity contribution in [2.75, 3.05) is 6.61 Å². The lowest BCUT2D eigenvalue weighted by molar-refractivity contribution is 0.267. The van der Waals surface area contributed by atoms with Crippen LogP contribution in [0.4, 0.5) is 0 Å². The third kappa shape index (κ3) is 5.29. The first-order chi connectivity index (χ1) is 11.2. The van der Waals surface area contributed by atoms with Gasteiger partial charge in [0.2, 0.25) is 0 Å². The molecule has 0 aliphatic rings. The van der Waals surface area contributed by atoms with Gasteiger partial charge in [0.25, 0.3) is 5.56 Å². The van der Waals surface area contributed by atoms with Crippen molar-refractivity contribution >= 4 is 5.76 Å². The molecule has 2 rings (SSSR count). The number of aromatic nitrogens is 2. The Balaban J connectivity index is 1.61. The van der Waals surface area contributed by atoms with Gasteiger partial charge in [-0.05, 0) is 12.8 Å². The molecule has 0 unspecified atom stereocenters. The van der Waals surface area contributed by atoms with E-state index in [0.717, 1.165) is 31.2 Å². The van der Waals surface area contributed by atoms with Gasteiger partial charge in [-0.1, -0.05) is 49.8 Å². The van der Waals surface area contributed by atoms with Gasteiger partial charge in [-0.25, -0.2) is 4.79 Å². The van der Waals surface area contributed by atoms with E-state index < -0.39 is 0 Å². The van der Waals surface area contributed by atoms with E-state index in [9.17, 15) is 9.59 Å². The fourth-order valence-corrected chi connectivity index (χ4v) is 2.29. The lowest BCUT2D eigenvalue weighted by Crippen LogP contribution is -2.33. The van der Waals surface area contributed by atoms with Crippen LogP contribution < -0.4 is 11.2 Å². The number of hydrogen-bond acceptors (Lipinski definition) is 3. The Morgan fingerprint density at radius 3 is 2.52 bits per heavy atom. The zero-order valence-electron chi connectivity index (χ0n) is 13.2. The third-order valence-corrected chi connectivity index (χ3v) is 3.59. The van der Waals surface area contributed by atoms with Crippen LogP contribution in [0.15, 0.2) is 58.8 Å². The second-order valence-corrected chi connectivity index (χ2v) is 5.32. The minimum absolute atomic E-state index is 0.253. The number of ether oxygens (including phenoxy) is 1. The zero-order chi connectivity index (χ0) is 16.5. The molecule has 23 heavy (non-hydrogen) atoms. The van der Waals surface area contributed by atoms with Crippen molar-refractivity contribution in [3.8, 4) is 0 Å². The van der Waals surface area contributed by atoms with Crippen LogP contribution in [0.1, 0.15) is 31.2 Å². The molecule has 0 atom stereocenters. The number of rotatable bonds is 9. The monoisotopic (exact) mass is 314 g/mol. The number of aromatic amines is 1. The fraction of sp³-hybridized carbons (Fsp3) is 0.333. The first kappa shape index (κ1) is 16.8. The molecule has 122 valence electrons. The maximum atomic E-state index is 11.5. The summed E-state index contributed by atoms with van der Waals surface area (Å²) in [5.41, 5.74) is 0.395. The van der Waals surface area contributed by atoms with E-state index in [1.54, 1.807) is 0 Å². The highest BCUT2D eigenvalue weighted by Gasteiger charge is 2.01. The summed E-state index contributed by atoms with van der Waals surface area (Å²) in [6.07, 6.45) is 5.03. The molecule has 1 heterocycles. The summed E-state index contributed by atoms with van der Waals surface area (Å²) in [4.78, 5) is 25.5. The van der Waals surface area contributed by atoms with Crippen molar-refractivity contribution in [2.24, 2.45) is 0 Å². The number of unbranched alkanes of at least 4 members (excludes halogenated alkanes) is 3. The normalized spacial score (nSPS) is 10.4. The molecule has 0 aliphatic heterocycles. The predicted molar refractivity (Wildman–Crippen MR) is 91.2 cm³/mol. The number of hydrogen-bond donors (Lipinski definition) is 1. The van der Waals surface area contributed by atoms with Crippen LogP contribution in [0.3, 0.4) is 0 Å². The largest absolute Gasteiger partial charge is 0.494 e. The topological polar surface area (TPSA) is 64.1 Å². The summed E-state index contributed by atoms with van der Waals surface area (Å²) in [6.45, 7) is 5.00. The van der Waals surface area contributed by atoms with Gasteiger partial charge in [0.05, 0.1) is 6.61 Å². The molecule has 2 aromatic rings. The van der Waals surface area contributed by atoms with Gasteiger partial charge in [-0.3, -0.25) is 9.36 Å². The van der Waals surface area contributed by atoms with Crippen LogP contribution in [-0.2, 0) is 11.3 Å². The van der Waals surface area contributed by atoms with E-state index in [0.29, 0.717) is 18.9 Å². The Morgan fingerprint density at radius 1 is 1.04 bits per heavy atom. The van der Waals surface area contributed by atoms with Gasteiger partial charge >= 0.3 is 5.69 Å². The molecular formula is C18H22N2O3. The molecule has 0 bridgehead atoms. The smallest absolute Gasteiger partial charge is 0.328 e. The standard InChI is InChI=1S/C18H22N2O3/c1-15(16-9-5-4-6-10-16)23-14-8-3-2-7-13-20-17(21)11-12-19-18(20)22/h4-6,9-12H,1-3,7-8,13-14H2,(H,19,22). The molecule has 0 amide bonds. The van der Waals surface area contributed by atoms with Crippen molar-refractivity contribution in [1.82, 2.24) is 9.55 Å². The predicted octanol–water partition coefficient (Wildman–Crippen LogP) is 2.78. The molecule has 0 spiro atoms. The second kappa shape index (κ2) is 8.78. The minimum Gasteiger partial charge on any atom is -0.494 e. The van der Waals surface area contributed by atoms with Crippen LogP contribution in [-0.4, -0.2) is 16.2 Å². The molecule has 1 aromatic carbocycles. The summed E-state index contributed by atoms with van der Waals surface area (Å²) in [5, 5.41) is 0.